The Morgan fingerprint density at radius 2 is 1.16 bits per heavy atom. The summed E-state index contributed by atoms with van der Waals surface area (Å²) in [6.45, 7) is 11.4. The number of benzene rings is 3. The maximum absolute atomic E-state index is 12.7. The minimum atomic E-state index is -0.469. The second kappa shape index (κ2) is 27.1. The fourth-order valence-electron chi connectivity index (χ4n) is 4.43. The van der Waals surface area contributed by atoms with Crippen LogP contribution in [0.4, 0.5) is 0 Å². The molecule has 0 aliphatic heterocycles. The van der Waals surface area contributed by atoms with E-state index < -0.39 is 11.9 Å². The lowest BCUT2D eigenvalue weighted by atomic mass is 9.81. The Balaban J connectivity index is 0.00000442. The molecular formula is C39H48B2O10. The van der Waals surface area contributed by atoms with Gasteiger partial charge in [0, 0.05) is 21.6 Å². The molecule has 51 heavy (non-hydrogen) atoms. The van der Waals surface area contributed by atoms with E-state index in [1.165, 1.54) is 0 Å². The van der Waals surface area contributed by atoms with Crippen molar-refractivity contribution in [2.45, 2.75) is 58.3 Å². The van der Waals surface area contributed by atoms with Crippen LogP contribution in [0, 0.1) is 6.92 Å². The first-order valence-corrected chi connectivity index (χ1v) is 17.0. The number of unbranched alkanes of at least 4 members (excludes halogenated alkanes) is 6. The molecule has 0 unspecified atom stereocenters. The van der Waals surface area contributed by atoms with Crippen molar-refractivity contribution < 1.29 is 47.8 Å². The van der Waals surface area contributed by atoms with Crippen molar-refractivity contribution in [3.8, 4) is 28.7 Å². The molecule has 0 bridgehead atoms. The van der Waals surface area contributed by atoms with Gasteiger partial charge in [-0.1, -0.05) is 19.1 Å². The smallest absolute Gasteiger partial charge is 0.343 e. The van der Waals surface area contributed by atoms with Crippen LogP contribution in [0.2, 0.25) is 0 Å². The lowest BCUT2D eigenvalue weighted by Crippen LogP contribution is -2.09. The highest BCUT2D eigenvalue weighted by atomic mass is 17.2. The Labute approximate surface area is 304 Å². The van der Waals surface area contributed by atoms with Gasteiger partial charge in [-0.15, -0.1) is 6.58 Å². The molecule has 0 aromatic heterocycles. The van der Waals surface area contributed by atoms with Crippen LogP contribution < -0.4 is 23.7 Å². The van der Waals surface area contributed by atoms with Gasteiger partial charge >= 0.3 is 11.9 Å². The molecule has 0 amide bonds. The monoisotopic (exact) mass is 698 g/mol. The normalized spacial score (nSPS) is 10.2. The average Bonchev–Trinajstić information content (AvgIpc) is 3.15. The fraction of sp³-hybridized carbons (Fsp3) is 0.385. The Hall–Kier alpha value is -4.67. The Morgan fingerprint density at radius 3 is 1.73 bits per heavy atom. The molecule has 0 aliphatic rings. The van der Waals surface area contributed by atoms with Gasteiger partial charge in [0.1, 0.15) is 35.4 Å². The third kappa shape index (κ3) is 18.8. The summed E-state index contributed by atoms with van der Waals surface area (Å²) >= 11 is 0. The largest absolute Gasteiger partial charge is 0.494 e. The molecule has 3 aromatic rings. The second-order valence-electron chi connectivity index (χ2n) is 11.0. The van der Waals surface area contributed by atoms with Crippen molar-refractivity contribution in [2.24, 2.45) is 0 Å². The van der Waals surface area contributed by atoms with Crippen LogP contribution in [-0.4, -0.2) is 67.2 Å². The molecule has 0 N–H and O–H groups in total. The average molecular weight is 698 g/mol. The maximum atomic E-state index is 12.7. The van der Waals surface area contributed by atoms with Crippen LogP contribution >= 0.6 is 0 Å². The molecule has 12 heteroatoms. The van der Waals surface area contributed by atoms with Crippen molar-refractivity contribution in [1.82, 2.24) is 0 Å². The summed E-state index contributed by atoms with van der Waals surface area (Å²) in [5.74, 6) is 2.28. The summed E-state index contributed by atoms with van der Waals surface area (Å²) in [5.41, 5.74) is 1.21. The van der Waals surface area contributed by atoms with E-state index in [2.05, 4.69) is 28.6 Å². The molecule has 4 radical (unpaired) electrons. The summed E-state index contributed by atoms with van der Waals surface area (Å²) in [5, 5.41) is 0. The lowest BCUT2D eigenvalue weighted by Gasteiger charge is -2.12. The number of ether oxygens (including phenoxy) is 6. The molecule has 0 atom stereocenters. The third-order valence-electron chi connectivity index (χ3n) is 7.09. The van der Waals surface area contributed by atoms with Gasteiger partial charge in [-0.2, -0.15) is 0 Å². The van der Waals surface area contributed by atoms with E-state index in [9.17, 15) is 9.59 Å². The van der Waals surface area contributed by atoms with E-state index in [0.29, 0.717) is 61.6 Å². The van der Waals surface area contributed by atoms with Crippen molar-refractivity contribution in [3.05, 3.63) is 103 Å². The van der Waals surface area contributed by atoms with Gasteiger partial charge in [0.2, 0.25) is 6.79 Å². The molecule has 0 saturated carbocycles. The van der Waals surface area contributed by atoms with Crippen LogP contribution in [0.3, 0.4) is 0 Å². The van der Waals surface area contributed by atoms with Crippen LogP contribution in [-0.2, 0) is 19.3 Å². The number of aryl methyl sites for hydroxylation is 1. The SMILES string of the molecule is C=CCOOCCCCCCOc1ccc(OCOc2ccc(OC(=O)c3ccc(OCCCCCCOC(=O)C=C)cc3)cc2C)cc1.[B][B]. The predicted octanol–water partition coefficient (Wildman–Crippen LogP) is 7.61. The first-order valence-electron chi connectivity index (χ1n) is 17.0. The summed E-state index contributed by atoms with van der Waals surface area (Å²) in [6.07, 6.45) is 10.4. The first kappa shape index (κ1) is 42.5. The Morgan fingerprint density at radius 1 is 0.627 bits per heavy atom. The minimum absolute atomic E-state index is 0.0180. The number of rotatable bonds is 26. The zero-order chi connectivity index (χ0) is 36.9. The van der Waals surface area contributed by atoms with E-state index in [4.69, 9.17) is 38.2 Å². The Bertz CT molecular complexity index is 1410. The van der Waals surface area contributed by atoms with E-state index in [1.54, 1.807) is 48.5 Å². The van der Waals surface area contributed by atoms with Gasteiger partial charge < -0.3 is 28.4 Å². The lowest BCUT2D eigenvalue weighted by molar-refractivity contribution is -0.286. The van der Waals surface area contributed by atoms with Gasteiger partial charge in [-0.05, 0) is 124 Å². The molecule has 3 rings (SSSR count). The fourth-order valence-corrected chi connectivity index (χ4v) is 4.43. The number of esters is 2. The van der Waals surface area contributed by atoms with Gasteiger partial charge in [-0.25, -0.2) is 19.4 Å². The number of carbonyl (C=O) groups excluding carboxylic acids is 2. The highest BCUT2D eigenvalue weighted by molar-refractivity contribution is 6.75. The van der Waals surface area contributed by atoms with E-state index in [1.807, 2.05) is 31.2 Å². The zero-order valence-electron chi connectivity index (χ0n) is 29.6. The van der Waals surface area contributed by atoms with Crippen LogP contribution in [0.15, 0.2) is 92.0 Å². The topological polar surface area (TPSA) is 108 Å². The first-order chi connectivity index (χ1) is 25.0. The zero-order valence-corrected chi connectivity index (χ0v) is 29.6. The molecule has 3 aromatic carbocycles. The van der Waals surface area contributed by atoms with Gasteiger partial charge in [0.05, 0.1) is 32.0 Å². The second-order valence-corrected chi connectivity index (χ2v) is 11.0. The van der Waals surface area contributed by atoms with Crippen LogP contribution in [0.25, 0.3) is 0 Å². The van der Waals surface area contributed by atoms with Crippen molar-refractivity contribution in [2.75, 3.05) is 39.8 Å². The van der Waals surface area contributed by atoms with E-state index in [0.717, 1.165) is 68.8 Å². The van der Waals surface area contributed by atoms with E-state index >= 15 is 0 Å². The molecule has 0 aliphatic carbocycles. The van der Waals surface area contributed by atoms with Gasteiger partial charge in [-0.3, -0.25) is 0 Å². The number of carbonyl (C=O) groups is 2. The third-order valence-corrected chi connectivity index (χ3v) is 7.09. The minimum Gasteiger partial charge on any atom is -0.494 e. The molecule has 0 spiro atoms. The van der Waals surface area contributed by atoms with E-state index in [-0.39, 0.29) is 6.79 Å². The standard InChI is InChI=1S/C39H48O10.B2/c1-4-24-47-48-28-13-9-8-11-26-43-34-18-20-35(21-19-34)45-30-46-37-23-22-36(29-31(37)3)49-39(41)32-14-16-33(17-15-32)42-25-10-6-7-12-27-44-38(40)5-2;1-2/h4-5,14-23,29H,1-2,6-13,24-28,30H2,3H3;. The molecular weight excluding hydrogens is 650 g/mol. The van der Waals surface area contributed by atoms with Crippen molar-refractivity contribution in [1.29, 1.82) is 0 Å². The summed E-state index contributed by atoms with van der Waals surface area (Å²) in [7, 11) is 8.00. The van der Waals surface area contributed by atoms with Crippen LogP contribution in [0.1, 0.15) is 67.3 Å². The predicted molar refractivity (Wildman–Crippen MR) is 198 cm³/mol. The quantitative estimate of drug-likeness (QED) is 0.00957. The molecule has 0 heterocycles. The summed E-state index contributed by atoms with van der Waals surface area (Å²) in [4.78, 5) is 33.6. The molecule has 270 valence electrons. The maximum Gasteiger partial charge on any atom is 0.343 e. The molecule has 0 saturated heterocycles. The van der Waals surface area contributed by atoms with Gasteiger partial charge in [0.25, 0.3) is 0 Å². The van der Waals surface area contributed by atoms with Crippen molar-refractivity contribution >= 4 is 27.4 Å². The number of hydrogen-bond acceptors (Lipinski definition) is 10. The highest BCUT2D eigenvalue weighted by Crippen LogP contribution is 2.25. The summed E-state index contributed by atoms with van der Waals surface area (Å²) < 4.78 is 33.6. The van der Waals surface area contributed by atoms with Gasteiger partial charge in [0.15, 0.2) is 0 Å². The van der Waals surface area contributed by atoms with Crippen molar-refractivity contribution in [3.63, 3.8) is 0 Å². The van der Waals surface area contributed by atoms with Crippen LogP contribution in [0.5, 0.6) is 28.7 Å². The molecule has 10 nitrogen and oxygen atoms in total. The Kier molecular flexibility index (Phi) is 22.6. The summed E-state index contributed by atoms with van der Waals surface area (Å²) in [6, 6.07) is 19.4. The number of hydrogen-bond donors (Lipinski definition) is 0. The highest BCUT2D eigenvalue weighted by Gasteiger charge is 2.11. The molecule has 0 fully saturated rings.